The van der Waals surface area contributed by atoms with E-state index in [1.54, 1.807) is 7.11 Å². The van der Waals surface area contributed by atoms with Gasteiger partial charge in [0.15, 0.2) is 11.5 Å². The predicted octanol–water partition coefficient (Wildman–Crippen LogP) is 3.76. The highest BCUT2D eigenvalue weighted by Gasteiger charge is 2.73. The van der Waals surface area contributed by atoms with Gasteiger partial charge in [0.2, 0.25) is 0 Å². The summed E-state index contributed by atoms with van der Waals surface area (Å²) in [4.78, 5) is 5.01. The Kier molecular flexibility index (Phi) is 5.02. The number of aliphatic hydroxyl groups is 1. The quantitative estimate of drug-likeness (QED) is 0.729. The van der Waals surface area contributed by atoms with Crippen LogP contribution in [-0.2, 0) is 18.4 Å². The third kappa shape index (κ3) is 2.82. The van der Waals surface area contributed by atoms with Crippen molar-refractivity contribution in [3.05, 3.63) is 59.2 Å². The Morgan fingerprint density at radius 2 is 2.00 bits per heavy atom. The van der Waals surface area contributed by atoms with Crippen molar-refractivity contribution in [3.63, 3.8) is 0 Å². The van der Waals surface area contributed by atoms with Crippen LogP contribution in [0, 0.1) is 0 Å². The molecule has 0 radical (unpaired) electrons. The summed E-state index contributed by atoms with van der Waals surface area (Å²) in [6.07, 6.45) is 4.63. The molecule has 33 heavy (non-hydrogen) atoms. The average Bonchev–Trinajstić information content (AvgIpc) is 3.16. The molecule has 4 aliphatic rings. The molecule has 5 heteroatoms. The van der Waals surface area contributed by atoms with Crippen molar-refractivity contribution in [2.24, 2.45) is 0 Å². The molecule has 2 aromatic carbocycles. The number of benzene rings is 2. The van der Waals surface area contributed by atoms with E-state index in [0.29, 0.717) is 0 Å². The number of hydrogen-bond acceptors (Lipinski definition) is 5. The van der Waals surface area contributed by atoms with Crippen LogP contribution < -0.4 is 9.47 Å². The molecule has 0 unspecified atom stereocenters. The molecule has 2 heterocycles. The van der Waals surface area contributed by atoms with Gasteiger partial charge in [0.05, 0.1) is 18.1 Å². The topological polar surface area (TPSA) is 45.2 Å². The third-order valence-corrected chi connectivity index (χ3v) is 9.10. The zero-order valence-electron chi connectivity index (χ0n) is 20.1. The Hall–Kier alpha value is -2.08. The van der Waals surface area contributed by atoms with Crippen LogP contribution in [0.5, 0.6) is 11.5 Å². The van der Waals surface area contributed by atoms with Gasteiger partial charge < -0.3 is 14.6 Å². The minimum Gasteiger partial charge on any atom is -0.493 e. The second kappa shape index (κ2) is 7.72. The number of ether oxygens (including phenoxy) is 2. The summed E-state index contributed by atoms with van der Waals surface area (Å²) in [6.45, 7) is 5.19. The molecule has 1 saturated carbocycles. The smallest absolute Gasteiger partial charge is 0.165 e. The SMILES string of the molecule is CCCN1CC[C@]23c4c5ccc(OC)c4O[C@H]2[C@H](N(C)Cc2ccccc2)CC[C@@]3(O)[C@H]1C5. The monoisotopic (exact) mass is 448 g/mol. The van der Waals surface area contributed by atoms with E-state index < -0.39 is 5.60 Å². The van der Waals surface area contributed by atoms with Gasteiger partial charge in [0, 0.05) is 24.2 Å². The molecule has 2 fully saturated rings. The van der Waals surface area contributed by atoms with Crippen molar-refractivity contribution in [1.82, 2.24) is 9.80 Å². The molecule has 5 nitrogen and oxygen atoms in total. The minimum atomic E-state index is -0.764. The highest BCUT2D eigenvalue weighted by Crippen LogP contribution is 2.65. The van der Waals surface area contributed by atoms with Crippen molar-refractivity contribution >= 4 is 0 Å². The molecule has 2 aliphatic heterocycles. The molecule has 1 saturated heterocycles. The molecule has 1 N–H and O–H groups in total. The summed E-state index contributed by atoms with van der Waals surface area (Å²) >= 11 is 0. The van der Waals surface area contributed by atoms with Crippen molar-refractivity contribution in [1.29, 1.82) is 0 Å². The Morgan fingerprint density at radius 1 is 1.18 bits per heavy atom. The van der Waals surface area contributed by atoms with E-state index in [4.69, 9.17) is 9.47 Å². The Labute approximate surface area is 197 Å². The largest absolute Gasteiger partial charge is 0.493 e. The summed E-state index contributed by atoms with van der Waals surface area (Å²) in [5, 5.41) is 12.6. The molecule has 176 valence electrons. The van der Waals surface area contributed by atoms with E-state index >= 15 is 0 Å². The number of hydrogen-bond donors (Lipinski definition) is 1. The normalized spacial score (nSPS) is 34.2. The molecule has 2 bridgehead atoms. The van der Waals surface area contributed by atoms with Crippen LogP contribution in [0.3, 0.4) is 0 Å². The second-order valence-corrected chi connectivity index (χ2v) is 10.6. The molecule has 6 rings (SSSR count). The molecule has 0 amide bonds. The first-order valence-corrected chi connectivity index (χ1v) is 12.6. The van der Waals surface area contributed by atoms with Crippen LogP contribution in [0.4, 0.5) is 0 Å². The lowest BCUT2D eigenvalue weighted by atomic mass is 9.48. The number of methoxy groups -OCH3 is 1. The maximum atomic E-state index is 12.6. The zero-order chi connectivity index (χ0) is 22.8. The van der Waals surface area contributed by atoms with Gasteiger partial charge in [0.25, 0.3) is 0 Å². The third-order valence-electron chi connectivity index (χ3n) is 9.10. The second-order valence-electron chi connectivity index (χ2n) is 10.6. The lowest BCUT2D eigenvalue weighted by Gasteiger charge is -2.64. The zero-order valence-corrected chi connectivity index (χ0v) is 20.1. The highest BCUT2D eigenvalue weighted by molar-refractivity contribution is 5.63. The van der Waals surface area contributed by atoms with E-state index in [9.17, 15) is 5.11 Å². The maximum absolute atomic E-state index is 12.6. The predicted molar refractivity (Wildman–Crippen MR) is 129 cm³/mol. The van der Waals surface area contributed by atoms with Crippen LogP contribution in [0.1, 0.15) is 49.3 Å². The van der Waals surface area contributed by atoms with E-state index in [-0.39, 0.29) is 23.6 Å². The molecule has 5 atom stereocenters. The van der Waals surface area contributed by atoms with Crippen LogP contribution in [0.25, 0.3) is 0 Å². The Bertz CT molecular complexity index is 1040. The first-order chi connectivity index (χ1) is 16.0. The number of piperidine rings is 1. The van der Waals surface area contributed by atoms with Crippen LogP contribution in [-0.4, -0.2) is 65.9 Å². The Balaban J connectivity index is 1.46. The fourth-order valence-electron chi connectivity index (χ4n) is 7.75. The standard InChI is InChI=1S/C28H36N2O3/c1-4-15-30-16-14-27-24-20-10-11-22(32-3)25(24)33-26(27)21(12-13-28(27,31)23(30)17-20)29(2)18-19-8-6-5-7-9-19/h5-11,21,23,26,31H,4,12-18H2,1-3H3/t21-,23-,26+,27+,28-/m1/s1. The van der Waals surface area contributed by atoms with E-state index in [0.717, 1.165) is 63.2 Å². The summed E-state index contributed by atoms with van der Waals surface area (Å²) in [5.74, 6) is 1.69. The van der Waals surface area contributed by atoms with Gasteiger partial charge >= 0.3 is 0 Å². The van der Waals surface area contributed by atoms with Crippen LogP contribution >= 0.6 is 0 Å². The molecular weight excluding hydrogens is 412 g/mol. The van der Waals surface area contributed by atoms with Crippen LogP contribution in [0.2, 0.25) is 0 Å². The van der Waals surface area contributed by atoms with E-state index in [1.807, 2.05) is 0 Å². The molecule has 1 spiro atoms. The van der Waals surface area contributed by atoms with Gasteiger partial charge in [-0.25, -0.2) is 0 Å². The maximum Gasteiger partial charge on any atom is 0.165 e. The van der Waals surface area contributed by atoms with Gasteiger partial charge in [-0.15, -0.1) is 0 Å². The van der Waals surface area contributed by atoms with Crippen molar-refractivity contribution in [3.8, 4) is 11.5 Å². The average molecular weight is 449 g/mol. The first kappa shape index (κ1) is 21.5. The summed E-state index contributed by atoms with van der Waals surface area (Å²) in [6, 6.07) is 15.4. The fourth-order valence-corrected chi connectivity index (χ4v) is 7.75. The van der Waals surface area contributed by atoms with Crippen molar-refractivity contribution < 1.29 is 14.6 Å². The van der Waals surface area contributed by atoms with Gasteiger partial charge in [-0.1, -0.05) is 43.3 Å². The van der Waals surface area contributed by atoms with E-state index in [2.05, 4.69) is 66.2 Å². The van der Waals surface area contributed by atoms with Gasteiger partial charge in [-0.05, 0) is 69.4 Å². The van der Waals surface area contributed by atoms with Crippen molar-refractivity contribution in [2.75, 3.05) is 27.2 Å². The lowest BCUT2D eigenvalue weighted by molar-refractivity contribution is -0.199. The summed E-state index contributed by atoms with van der Waals surface area (Å²) < 4.78 is 12.7. The number of likely N-dealkylation sites (N-methyl/N-ethyl adjacent to an activating group) is 1. The Morgan fingerprint density at radius 3 is 2.76 bits per heavy atom. The molecular formula is C28H36N2O3. The molecule has 2 aliphatic carbocycles. The molecule has 0 aromatic heterocycles. The summed E-state index contributed by atoms with van der Waals surface area (Å²) in [5.41, 5.74) is 2.77. The molecule has 2 aromatic rings. The summed E-state index contributed by atoms with van der Waals surface area (Å²) in [7, 11) is 3.94. The van der Waals surface area contributed by atoms with Crippen LogP contribution in [0.15, 0.2) is 42.5 Å². The van der Waals surface area contributed by atoms with Gasteiger partial charge in [0.1, 0.15) is 6.10 Å². The lowest BCUT2D eigenvalue weighted by Crippen LogP contribution is -2.78. The highest BCUT2D eigenvalue weighted by atomic mass is 16.5. The fraction of sp³-hybridized carbons (Fsp3) is 0.571. The number of nitrogens with zero attached hydrogens (tertiary/aromatic N) is 2. The van der Waals surface area contributed by atoms with E-state index in [1.165, 1.54) is 16.7 Å². The van der Waals surface area contributed by atoms with Gasteiger partial charge in [-0.2, -0.15) is 0 Å². The van der Waals surface area contributed by atoms with Crippen molar-refractivity contribution in [2.45, 2.75) is 74.8 Å². The van der Waals surface area contributed by atoms with Gasteiger partial charge in [-0.3, -0.25) is 9.80 Å². The number of rotatable bonds is 6. The number of likely N-dealkylation sites (tertiary alicyclic amines) is 1. The first-order valence-electron chi connectivity index (χ1n) is 12.6. The minimum absolute atomic E-state index is 0.0680.